The molecule has 216 valence electrons. The Hall–Kier alpha value is -3.54. The Balaban J connectivity index is 1.41. The molecule has 1 saturated carbocycles. The summed E-state index contributed by atoms with van der Waals surface area (Å²) >= 11 is 0. The van der Waals surface area contributed by atoms with Crippen molar-refractivity contribution in [2.24, 2.45) is 16.3 Å². The van der Waals surface area contributed by atoms with Crippen molar-refractivity contribution in [3.8, 4) is 0 Å². The van der Waals surface area contributed by atoms with Crippen LogP contribution in [0.4, 0.5) is 13.6 Å². The Morgan fingerprint density at radius 3 is 2.58 bits per heavy atom. The highest BCUT2D eigenvalue weighted by Crippen LogP contribution is 2.39. The number of nitrogens with one attached hydrogen (secondary N) is 1. The molecule has 12 heteroatoms. The van der Waals surface area contributed by atoms with E-state index in [1.54, 1.807) is 23.6 Å². The molecule has 3 heterocycles. The number of carboxylic acid groups (broad SMARTS) is 1. The minimum Gasteiger partial charge on any atom is -0.481 e. The van der Waals surface area contributed by atoms with E-state index in [9.17, 15) is 28.3 Å². The molecule has 3 aliphatic heterocycles. The highest BCUT2D eigenvalue weighted by Gasteiger charge is 2.44. The number of piperazine rings is 1. The fraction of sp³-hybridized carbons (Fsp3) is 0.571. The van der Waals surface area contributed by atoms with Crippen LogP contribution in [-0.2, 0) is 14.3 Å². The molecule has 2 atom stereocenters. The van der Waals surface area contributed by atoms with Crippen molar-refractivity contribution in [2.45, 2.75) is 45.7 Å². The monoisotopic (exact) mass is 559 g/mol. The zero-order valence-electron chi connectivity index (χ0n) is 23.2. The van der Waals surface area contributed by atoms with E-state index in [1.807, 2.05) is 0 Å². The van der Waals surface area contributed by atoms with Gasteiger partial charge in [0.25, 0.3) is 0 Å². The highest BCUT2D eigenvalue weighted by atomic mass is 19.2. The molecule has 3 fully saturated rings. The van der Waals surface area contributed by atoms with Crippen molar-refractivity contribution in [1.29, 1.82) is 0 Å². The second kappa shape index (κ2) is 10.5. The first-order valence-electron chi connectivity index (χ1n) is 13.5. The quantitative estimate of drug-likeness (QED) is 0.471. The maximum atomic E-state index is 14.6. The van der Waals surface area contributed by atoms with Gasteiger partial charge in [0.05, 0.1) is 24.1 Å². The summed E-state index contributed by atoms with van der Waals surface area (Å²) in [5, 5.41) is 12.9. The number of amidine groups is 1. The topological polar surface area (TPSA) is 115 Å². The van der Waals surface area contributed by atoms with E-state index in [-0.39, 0.29) is 35.7 Å². The first-order chi connectivity index (χ1) is 18.9. The molecular weight excluding hydrogens is 524 g/mol. The van der Waals surface area contributed by atoms with Gasteiger partial charge in [0.1, 0.15) is 11.9 Å². The number of carbonyl (C=O) groups is 3. The zero-order valence-corrected chi connectivity index (χ0v) is 23.2. The number of nitrogens with zero attached hydrogens (tertiary/aromatic N) is 4. The third-order valence-corrected chi connectivity index (χ3v) is 8.25. The first kappa shape index (κ1) is 28.0. The van der Waals surface area contributed by atoms with Gasteiger partial charge in [0.2, 0.25) is 0 Å². The van der Waals surface area contributed by atoms with Crippen LogP contribution in [0.25, 0.3) is 0 Å². The number of halogens is 2. The number of benzene rings is 1. The van der Waals surface area contributed by atoms with Gasteiger partial charge in [-0.3, -0.25) is 14.7 Å². The smallest absolute Gasteiger partial charge is 0.338 e. The van der Waals surface area contributed by atoms with E-state index in [0.717, 1.165) is 18.9 Å². The number of hydrogen-bond donors (Lipinski definition) is 2. The lowest BCUT2D eigenvalue weighted by Crippen LogP contribution is -2.53. The second-order valence-electron chi connectivity index (χ2n) is 11.7. The van der Waals surface area contributed by atoms with Gasteiger partial charge in [0, 0.05) is 50.9 Å². The van der Waals surface area contributed by atoms with Gasteiger partial charge < -0.3 is 25.0 Å². The van der Waals surface area contributed by atoms with Gasteiger partial charge in [-0.15, -0.1) is 0 Å². The van der Waals surface area contributed by atoms with Crippen LogP contribution in [0.1, 0.15) is 43.9 Å². The van der Waals surface area contributed by atoms with Crippen LogP contribution in [0.3, 0.4) is 0 Å². The van der Waals surface area contributed by atoms with E-state index >= 15 is 0 Å². The van der Waals surface area contributed by atoms with E-state index in [0.29, 0.717) is 49.8 Å². The zero-order chi connectivity index (χ0) is 28.9. The Bertz CT molecular complexity index is 1310. The molecule has 5 rings (SSSR count). The molecule has 2 amide bonds. The lowest BCUT2D eigenvalue weighted by atomic mass is 9.91. The minimum absolute atomic E-state index is 0.0917. The van der Waals surface area contributed by atoms with Gasteiger partial charge >= 0.3 is 18.0 Å². The van der Waals surface area contributed by atoms with Crippen LogP contribution in [0.5, 0.6) is 0 Å². The molecule has 2 saturated heterocycles. The summed E-state index contributed by atoms with van der Waals surface area (Å²) in [6.07, 6.45) is 1.89. The molecular formula is C28H35F2N5O5. The maximum absolute atomic E-state index is 14.6. The SMILES string of the molecule is COC(=O)C1=C(CN2CCN3C(=O)N(CC(C)(C)C(=O)O)C[C@@H]3C2)NC(C2CC2)=N[C@H]1c1ccc(F)c(F)c1C. The predicted octanol–water partition coefficient (Wildman–Crippen LogP) is 2.69. The summed E-state index contributed by atoms with van der Waals surface area (Å²) in [6.45, 7) is 7.08. The molecule has 0 radical (unpaired) electrons. The molecule has 0 spiro atoms. The van der Waals surface area contributed by atoms with Crippen LogP contribution >= 0.6 is 0 Å². The number of rotatable bonds is 8. The van der Waals surface area contributed by atoms with Gasteiger partial charge in [-0.05, 0) is 50.8 Å². The lowest BCUT2D eigenvalue weighted by molar-refractivity contribution is -0.147. The highest BCUT2D eigenvalue weighted by molar-refractivity contribution is 5.97. The standard InChI is InChI=1S/C28H35F2N5O5/c1-15-18(7-8-19(29)22(15)30)23-21(25(36)40-4)20(31-24(32-23)16-5-6-16)13-33-9-10-35-17(11-33)12-34(27(35)39)14-28(2,3)26(37)38/h7-8,16-17,23H,5-6,9-14H2,1-4H3,(H,31,32)(H,37,38)/t17-,23-/m0/s1. The number of methoxy groups -OCH3 is 1. The number of carboxylic acids is 1. The second-order valence-corrected chi connectivity index (χ2v) is 11.7. The molecule has 2 N–H and O–H groups in total. The Morgan fingerprint density at radius 2 is 1.93 bits per heavy atom. The molecule has 0 bridgehead atoms. The normalized spacial score (nSPS) is 23.6. The third kappa shape index (κ3) is 5.16. The average Bonchev–Trinajstić information content (AvgIpc) is 3.72. The molecule has 1 aromatic rings. The fourth-order valence-electron chi connectivity index (χ4n) is 5.73. The average molecular weight is 560 g/mol. The fourth-order valence-corrected chi connectivity index (χ4v) is 5.73. The lowest BCUT2D eigenvalue weighted by Gasteiger charge is -2.38. The summed E-state index contributed by atoms with van der Waals surface area (Å²) in [5.74, 6) is -2.58. The molecule has 1 aliphatic carbocycles. The number of ether oxygens (including phenoxy) is 1. The van der Waals surface area contributed by atoms with Crippen molar-refractivity contribution in [3.05, 3.63) is 46.2 Å². The Morgan fingerprint density at radius 1 is 1.20 bits per heavy atom. The number of urea groups is 1. The first-order valence-corrected chi connectivity index (χ1v) is 13.5. The van der Waals surface area contributed by atoms with Crippen molar-refractivity contribution < 1.29 is 33.0 Å². The predicted molar refractivity (Wildman–Crippen MR) is 141 cm³/mol. The van der Waals surface area contributed by atoms with Crippen LogP contribution in [0, 0.1) is 29.9 Å². The van der Waals surface area contributed by atoms with Crippen molar-refractivity contribution in [3.63, 3.8) is 0 Å². The van der Waals surface area contributed by atoms with Crippen molar-refractivity contribution in [1.82, 2.24) is 20.0 Å². The van der Waals surface area contributed by atoms with Crippen LogP contribution in [0.15, 0.2) is 28.4 Å². The molecule has 0 aromatic heterocycles. The van der Waals surface area contributed by atoms with Gasteiger partial charge in [0.15, 0.2) is 11.6 Å². The van der Waals surface area contributed by atoms with E-state index in [2.05, 4.69) is 10.2 Å². The number of carbonyl (C=O) groups excluding carboxylic acids is 2. The van der Waals surface area contributed by atoms with Gasteiger partial charge in [-0.2, -0.15) is 0 Å². The van der Waals surface area contributed by atoms with Crippen molar-refractivity contribution >= 4 is 23.8 Å². The number of esters is 1. The molecule has 0 unspecified atom stereocenters. The van der Waals surface area contributed by atoms with Gasteiger partial charge in [-0.25, -0.2) is 18.4 Å². The minimum atomic E-state index is -1.07. The molecule has 40 heavy (non-hydrogen) atoms. The summed E-state index contributed by atoms with van der Waals surface area (Å²) in [4.78, 5) is 48.1. The van der Waals surface area contributed by atoms with Gasteiger partial charge in [-0.1, -0.05) is 6.07 Å². The third-order valence-electron chi connectivity index (χ3n) is 8.25. The number of aliphatic carboxylic acids is 1. The van der Waals surface area contributed by atoms with Crippen LogP contribution < -0.4 is 5.32 Å². The van der Waals surface area contributed by atoms with E-state index in [4.69, 9.17) is 9.73 Å². The maximum Gasteiger partial charge on any atom is 0.338 e. The number of fused-ring (bicyclic) bond motifs is 1. The Labute approximate surface area is 231 Å². The van der Waals surface area contributed by atoms with Crippen LogP contribution in [0.2, 0.25) is 0 Å². The largest absolute Gasteiger partial charge is 0.481 e. The summed E-state index contributed by atoms with van der Waals surface area (Å²) in [6, 6.07) is 1.37. The molecule has 4 aliphatic rings. The van der Waals surface area contributed by atoms with Crippen molar-refractivity contribution in [2.75, 3.05) is 46.4 Å². The molecule has 1 aromatic carbocycles. The number of amides is 2. The Kier molecular flexibility index (Phi) is 7.32. The summed E-state index contributed by atoms with van der Waals surface area (Å²) < 4.78 is 33.7. The number of hydrogen-bond acceptors (Lipinski definition) is 7. The van der Waals surface area contributed by atoms with E-state index < -0.39 is 35.0 Å². The summed E-state index contributed by atoms with van der Waals surface area (Å²) in [5.41, 5.74) is 0.269. The van der Waals surface area contributed by atoms with Crippen LogP contribution in [-0.4, -0.2) is 96.0 Å². The molecule has 10 nitrogen and oxygen atoms in total. The van der Waals surface area contributed by atoms with E-state index in [1.165, 1.54) is 20.1 Å². The summed E-state index contributed by atoms with van der Waals surface area (Å²) in [7, 11) is 1.28. The number of aliphatic imine (C=N–C) groups is 1.